The highest BCUT2D eigenvalue weighted by molar-refractivity contribution is 5.97. The van der Waals surface area contributed by atoms with Crippen LogP contribution < -0.4 is 4.90 Å². The van der Waals surface area contributed by atoms with Gasteiger partial charge in [0.2, 0.25) is 0 Å². The molecule has 0 aliphatic heterocycles. The van der Waals surface area contributed by atoms with Crippen LogP contribution in [0.25, 0.3) is 88.3 Å². The van der Waals surface area contributed by atoms with Crippen molar-refractivity contribution in [2.45, 2.75) is 0 Å². The summed E-state index contributed by atoms with van der Waals surface area (Å²) < 4.78 is 6.33. The Morgan fingerprint density at radius 2 is 0.717 bits per heavy atom. The van der Waals surface area contributed by atoms with Crippen molar-refractivity contribution in [3.8, 4) is 55.8 Å². The van der Waals surface area contributed by atoms with E-state index < -0.39 is 0 Å². The highest BCUT2D eigenvalue weighted by Gasteiger charge is 2.16. The van der Waals surface area contributed by atoms with E-state index in [0.717, 1.165) is 50.5 Å². The molecule has 0 saturated carbocycles. The minimum absolute atomic E-state index is 0.868. The van der Waals surface area contributed by atoms with Gasteiger partial charge in [-0.3, -0.25) is 0 Å². The van der Waals surface area contributed by atoms with E-state index in [4.69, 9.17) is 4.42 Å². The Morgan fingerprint density at radius 3 is 1.40 bits per heavy atom. The van der Waals surface area contributed by atoms with Gasteiger partial charge in [-0.25, -0.2) is 0 Å². The summed E-state index contributed by atoms with van der Waals surface area (Å²) >= 11 is 0. The number of nitrogens with zero attached hydrogens (tertiary/aromatic N) is 1. The summed E-state index contributed by atoms with van der Waals surface area (Å²) in [7, 11) is 0. The molecule has 0 atom stereocenters. The fraction of sp³-hybridized carbons (Fsp3) is 0. The van der Waals surface area contributed by atoms with Crippen LogP contribution in [0.4, 0.5) is 17.1 Å². The smallest absolute Gasteiger partial charge is 0.136 e. The lowest BCUT2D eigenvalue weighted by molar-refractivity contribution is 0.632. The first-order valence-electron chi connectivity index (χ1n) is 20.5. The number of hydrogen-bond donors (Lipinski definition) is 0. The maximum absolute atomic E-state index is 6.33. The highest BCUT2D eigenvalue weighted by Crippen LogP contribution is 2.40. The molecule has 10 aromatic carbocycles. The Kier molecular flexibility index (Phi) is 8.87. The summed E-state index contributed by atoms with van der Waals surface area (Å²) in [4.78, 5) is 2.34. The molecule has 0 aliphatic rings. The molecule has 0 spiro atoms. The van der Waals surface area contributed by atoms with E-state index >= 15 is 0 Å². The fourth-order valence-electron chi connectivity index (χ4n) is 8.60. The second kappa shape index (κ2) is 15.1. The molecule has 11 rings (SSSR count). The Hall–Kier alpha value is -7.94. The first kappa shape index (κ1) is 35.2. The predicted molar refractivity (Wildman–Crippen MR) is 253 cm³/mol. The molecule has 0 N–H and O–H groups in total. The van der Waals surface area contributed by atoms with Crippen LogP contribution in [0, 0.1) is 0 Å². The van der Waals surface area contributed by atoms with Gasteiger partial charge in [0.15, 0.2) is 0 Å². The lowest BCUT2D eigenvalue weighted by atomic mass is 9.96. The maximum atomic E-state index is 6.33. The van der Waals surface area contributed by atoms with Crippen molar-refractivity contribution in [2.24, 2.45) is 0 Å². The van der Waals surface area contributed by atoms with Gasteiger partial charge in [0.25, 0.3) is 0 Å². The van der Waals surface area contributed by atoms with Crippen LogP contribution in [0.2, 0.25) is 0 Å². The minimum atomic E-state index is 0.868. The van der Waals surface area contributed by atoms with Crippen LogP contribution in [-0.4, -0.2) is 0 Å². The molecule has 0 unspecified atom stereocenters. The van der Waals surface area contributed by atoms with Crippen LogP contribution in [-0.2, 0) is 0 Å². The second-order valence-electron chi connectivity index (χ2n) is 15.3. The van der Waals surface area contributed by atoms with Gasteiger partial charge in [-0.05, 0) is 121 Å². The van der Waals surface area contributed by atoms with E-state index in [0.29, 0.717) is 0 Å². The number of benzene rings is 10. The molecule has 0 saturated heterocycles. The average molecular weight is 766 g/mol. The maximum Gasteiger partial charge on any atom is 0.136 e. The van der Waals surface area contributed by atoms with Gasteiger partial charge in [-0.1, -0.05) is 182 Å². The first-order chi connectivity index (χ1) is 29.7. The van der Waals surface area contributed by atoms with Crippen molar-refractivity contribution < 1.29 is 4.42 Å². The van der Waals surface area contributed by atoms with E-state index in [9.17, 15) is 0 Å². The summed E-state index contributed by atoms with van der Waals surface area (Å²) in [5.74, 6) is 0.868. The van der Waals surface area contributed by atoms with Gasteiger partial charge >= 0.3 is 0 Å². The largest absolute Gasteiger partial charge is 0.456 e. The normalized spacial score (nSPS) is 11.3. The van der Waals surface area contributed by atoms with Crippen molar-refractivity contribution >= 4 is 49.6 Å². The van der Waals surface area contributed by atoms with Crippen LogP contribution in [0.1, 0.15) is 0 Å². The lowest BCUT2D eigenvalue weighted by Crippen LogP contribution is -2.09. The monoisotopic (exact) mass is 765 g/mol. The Labute approximate surface area is 349 Å². The van der Waals surface area contributed by atoms with E-state index in [1.165, 1.54) is 54.9 Å². The highest BCUT2D eigenvalue weighted by atomic mass is 16.3. The zero-order valence-corrected chi connectivity index (χ0v) is 32.9. The molecule has 0 fully saturated rings. The molecule has 0 aliphatic carbocycles. The molecule has 0 bridgehead atoms. The molecule has 2 nitrogen and oxygen atoms in total. The minimum Gasteiger partial charge on any atom is -0.456 e. The molecular weight excluding hydrogens is 727 g/mol. The van der Waals surface area contributed by atoms with Crippen LogP contribution in [0.15, 0.2) is 241 Å². The quantitative estimate of drug-likeness (QED) is 0.153. The van der Waals surface area contributed by atoms with Gasteiger partial charge in [-0.15, -0.1) is 0 Å². The zero-order valence-electron chi connectivity index (χ0n) is 32.9. The fourth-order valence-corrected chi connectivity index (χ4v) is 8.60. The number of para-hydroxylation sites is 1. The average Bonchev–Trinajstić information content (AvgIpc) is 3.77. The SMILES string of the molecule is c1ccc(-c2cc3ccccc3o2)c(-c2ccc(N(c3ccc(-c4ccc(-c5cccc6ccccc56)cc4)cc3)c3ccc(-c4ccc5ccccc5c4)cc3)cc2)c1. The standard InChI is InChI=1S/C58H39NO/c1-2-12-47-38-48(25-22-40(47)10-1)43-28-34-51(35-29-43)59(52-36-30-46(31-37-52)55-16-6-7-17-56(55)58-39-49-13-4-8-19-57(49)60-58)50-32-26-42(27-33-50)41-20-23-45(24-21-41)54-18-9-14-44-11-3-5-15-53(44)54/h1-39H. The molecule has 0 radical (unpaired) electrons. The van der Waals surface area contributed by atoms with E-state index in [1.807, 2.05) is 18.2 Å². The molecule has 60 heavy (non-hydrogen) atoms. The van der Waals surface area contributed by atoms with Gasteiger partial charge in [0.05, 0.1) is 0 Å². The van der Waals surface area contributed by atoms with Crippen molar-refractivity contribution in [3.63, 3.8) is 0 Å². The van der Waals surface area contributed by atoms with Gasteiger partial charge in [0, 0.05) is 28.0 Å². The summed E-state index contributed by atoms with van der Waals surface area (Å²) in [6.07, 6.45) is 0. The van der Waals surface area contributed by atoms with E-state index in [1.54, 1.807) is 0 Å². The molecule has 282 valence electrons. The van der Waals surface area contributed by atoms with Crippen LogP contribution in [0.3, 0.4) is 0 Å². The van der Waals surface area contributed by atoms with Crippen molar-refractivity contribution in [1.82, 2.24) is 0 Å². The Balaban J connectivity index is 0.939. The van der Waals surface area contributed by atoms with Gasteiger partial charge in [0.1, 0.15) is 11.3 Å². The topological polar surface area (TPSA) is 16.4 Å². The number of hydrogen-bond acceptors (Lipinski definition) is 2. The summed E-state index contributed by atoms with van der Waals surface area (Å²) in [6.45, 7) is 0. The molecular formula is C58H39NO. The lowest BCUT2D eigenvalue weighted by Gasteiger charge is -2.26. The van der Waals surface area contributed by atoms with Crippen LogP contribution >= 0.6 is 0 Å². The summed E-state index contributed by atoms with van der Waals surface area (Å²) in [5, 5.41) is 6.11. The summed E-state index contributed by atoms with van der Waals surface area (Å²) in [5.41, 5.74) is 14.7. The molecule has 0 amide bonds. The zero-order chi connectivity index (χ0) is 39.8. The van der Waals surface area contributed by atoms with Crippen molar-refractivity contribution in [1.29, 1.82) is 0 Å². The number of fused-ring (bicyclic) bond motifs is 3. The third kappa shape index (κ3) is 6.61. The van der Waals surface area contributed by atoms with Crippen molar-refractivity contribution in [3.05, 3.63) is 237 Å². The Morgan fingerprint density at radius 1 is 0.267 bits per heavy atom. The second-order valence-corrected chi connectivity index (χ2v) is 15.3. The number of anilines is 3. The Bertz CT molecular complexity index is 3250. The predicted octanol–water partition coefficient (Wildman–Crippen LogP) is 16.5. The third-order valence-corrected chi connectivity index (χ3v) is 11.7. The third-order valence-electron chi connectivity index (χ3n) is 11.7. The van der Waals surface area contributed by atoms with Crippen molar-refractivity contribution in [2.75, 3.05) is 4.90 Å². The van der Waals surface area contributed by atoms with E-state index in [-0.39, 0.29) is 0 Å². The van der Waals surface area contributed by atoms with Gasteiger partial charge in [-0.2, -0.15) is 0 Å². The van der Waals surface area contributed by atoms with E-state index in [2.05, 4.69) is 223 Å². The molecule has 2 heteroatoms. The molecule has 1 aromatic heterocycles. The van der Waals surface area contributed by atoms with Crippen LogP contribution in [0.5, 0.6) is 0 Å². The number of rotatable bonds is 8. The molecule has 11 aromatic rings. The van der Waals surface area contributed by atoms with Gasteiger partial charge < -0.3 is 9.32 Å². The molecule has 1 heterocycles. The number of furan rings is 1. The summed E-state index contributed by atoms with van der Waals surface area (Å²) in [6, 6.07) is 84.8. The first-order valence-corrected chi connectivity index (χ1v) is 20.5.